The van der Waals surface area contributed by atoms with E-state index in [9.17, 15) is 4.79 Å². The Morgan fingerprint density at radius 3 is 2.78 bits per heavy atom. The Hall–Kier alpha value is -0.610. The average Bonchev–Trinajstić information content (AvgIpc) is 2.42. The number of esters is 1. The molecule has 0 N–H and O–H groups in total. The van der Waals surface area contributed by atoms with Gasteiger partial charge >= 0.3 is 5.97 Å². The Morgan fingerprint density at radius 1 is 1.33 bits per heavy atom. The molecule has 0 radical (unpaired) electrons. The molecule has 1 saturated heterocycles. The minimum atomic E-state index is -0.463. The molecular weight excluding hydrogens is 232 g/mol. The number of ether oxygens (including phenoxy) is 3. The van der Waals surface area contributed by atoms with Gasteiger partial charge in [-0.3, -0.25) is 0 Å². The minimum absolute atomic E-state index is 0.228. The summed E-state index contributed by atoms with van der Waals surface area (Å²) in [5.41, 5.74) is 0. The van der Waals surface area contributed by atoms with Crippen molar-refractivity contribution < 1.29 is 19.0 Å². The van der Waals surface area contributed by atoms with Crippen LogP contribution in [0.2, 0.25) is 0 Å². The third kappa shape index (κ3) is 5.83. The second kappa shape index (κ2) is 9.34. The molecule has 1 fully saturated rings. The summed E-state index contributed by atoms with van der Waals surface area (Å²) in [7, 11) is 1.41. The third-order valence-corrected chi connectivity index (χ3v) is 3.24. The van der Waals surface area contributed by atoms with E-state index in [4.69, 9.17) is 14.2 Å². The van der Waals surface area contributed by atoms with Gasteiger partial charge in [0.05, 0.1) is 7.11 Å². The highest BCUT2D eigenvalue weighted by Crippen LogP contribution is 2.18. The Balaban J connectivity index is 2.31. The fourth-order valence-electron chi connectivity index (χ4n) is 2.13. The summed E-state index contributed by atoms with van der Waals surface area (Å²) in [6.45, 7) is 2.90. The maximum atomic E-state index is 11.6. The number of hydrogen-bond acceptors (Lipinski definition) is 4. The van der Waals surface area contributed by atoms with Gasteiger partial charge in [-0.15, -0.1) is 0 Å². The molecule has 0 bridgehead atoms. The van der Waals surface area contributed by atoms with Crippen molar-refractivity contribution in [3.63, 3.8) is 0 Å². The van der Waals surface area contributed by atoms with Crippen LogP contribution in [0, 0.1) is 0 Å². The minimum Gasteiger partial charge on any atom is -0.467 e. The van der Waals surface area contributed by atoms with Gasteiger partial charge in [0.2, 0.25) is 0 Å². The Labute approximate surface area is 110 Å². The fraction of sp³-hybridized carbons (Fsp3) is 0.929. The predicted octanol–water partition coefficient (Wildman–Crippen LogP) is 3.04. The smallest absolute Gasteiger partial charge is 0.335 e. The topological polar surface area (TPSA) is 44.8 Å². The van der Waals surface area contributed by atoms with Crippen LogP contribution in [0.4, 0.5) is 0 Å². The van der Waals surface area contributed by atoms with Crippen molar-refractivity contribution in [1.82, 2.24) is 0 Å². The van der Waals surface area contributed by atoms with Gasteiger partial charge in [0.1, 0.15) is 0 Å². The summed E-state index contributed by atoms with van der Waals surface area (Å²) >= 11 is 0. The SMILES string of the molecule is CCCCCCC(OC1CCCCO1)C(=O)OC. The molecule has 0 saturated carbocycles. The maximum Gasteiger partial charge on any atom is 0.335 e. The maximum absolute atomic E-state index is 11.6. The standard InChI is InChI=1S/C14H26O4/c1-3-4-5-6-9-12(14(15)16-2)18-13-10-7-8-11-17-13/h12-13H,3-11H2,1-2H3. The highest BCUT2D eigenvalue weighted by Gasteiger charge is 2.25. The van der Waals surface area contributed by atoms with Crippen molar-refractivity contribution in [3.8, 4) is 0 Å². The van der Waals surface area contributed by atoms with E-state index >= 15 is 0 Å². The zero-order valence-electron chi connectivity index (χ0n) is 11.7. The zero-order valence-corrected chi connectivity index (χ0v) is 11.7. The molecule has 1 aliphatic rings. The van der Waals surface area contributed by atoms with Gasteiger partial charge in [-0.2, -0.15) is 0 Å². The summed E-state index contributed by atoms with van der Waals surface area (Å²) in [6, 6.07) is 0. The largest absolute Gasteiger partial charge is 0.467 e. The van der Waals surface area contributed by atoms with Crippen LogP contribution in [0.5, 0.6) is 0 Å². The fourth-order valence-corrected chi connectivity index (χ4v) is 2.13. The van der Waals surface area contributed by atoms with Crippen LogP contribution in [0.15, 0.2) is 0 Å². The van der Waals surface area contributed by atoms with Crippen molar-refractivity contribution in [2.24, 2.45) is 0 Å². The quantitative estimate of drug-likeness (QED) is 0.496. The number of rotatable bonds is 8. The third-order valence-electron chi connectivity index (χ3n) is 3.24. The summed E-state index contributed by atoms with van der Waals surface area (Å²) in [4.78, 5) is 11.6. The van der Waals surface area contributed by atoms with Gasteiger partial charge in [0, 0.05) is 6.61 Å². The second-order valence-electron chi connectivity index (χ2n) is 4.79. The summed E-state index contributed by atoms with van der Waals surface area (Å²) in [5.74, 6) is -0.277. The van der Waals surface area contributed by atoms with Crippen LogP contribution in [0.3, 0.4) is 0 Å². The highest BCUT2D eigenvalue weighted by atomic mass is 16.7. The van der Waals surface area contributed by atoms with Crippen molar-refractivity contribution in [1.29, 1.82) is 0 Å². The van der Waals surface area contributed by atoms with E-state index < -0.39 is 6.10 Å². The molecule has 4 nitrogen and oxygen atoms in total. The summed E-state index contributed by atoms with van der Waals surface area (Å²) < 4.78 is 16.0. The van der Waals surface area contributed by atoms with Gasteiger partial charge in [-0.25, -0.2) is 4.79 Å². The number of unbranched alkanes of at least 4 members (excludes halogenated alkanes) is 3. The second-order valence-corrected chi connectivity index (χ2v) is 4.79. The molecule has 0 aromatic rings. The van der Waals surface area contributed by atoms with E-state index in [1.165, 1.54) is 20.0 Å². The molecule has 1 aliphatic heterocycles. The van der Waals surface area contributed by atoms with E-state index in [1.807, 2.05) is 0 Å². The summed E-state index contributed by atoms with van der Waals surface area (Å²) in [6.07, 6.45) is 7.63. The Bertz CT molecular complexity index is 224. The van der Waals surface area contributed by atoms with Crippen LogP contribution in [0.1, 0.15) is 58.3 Å². The monoisotopic (exact) mass is 258 g/mol. The Morgan fingerprint density at radius 2 is 2.17 bits per heavy atom. The predicted molar refractivity (Wildman–Crippen MR) is 69.2 cm³/mol. The number of hydrogen-bond donors (Lipinski definition) is 0. The molecule has 0 aromatic heterocycles. The van der Waals surface area contributed by atoms with Crippen LogP contribution in [0.25, 0.3) is 0 Å². The van der Waals surface area contributed by atoms with E-state index in [0.717, 1.165) is 45.1 Å². The normalized spacial score (nSPS) is 21.6. The average molecular weight is 258 g/mol. The molecule has 2 unspecified atom stereocenters. The Kier molecular flexibility index (Phi) is 8.01. The first kappa shape index (κ1) is 15.4. The van der Waals surface area contributed by atoms with Crippen LogP contribution in [-0.4, -0.2) is 32.1 Å². The highest BCUT2D eigenvalue weighted by molar-refractivity contribution is 5.74. The molecule has 106 valence electrons. The summed E-state index contributed by atoms with van der Waals surface area (Å²) in [5, 5.41) is 0. The van der Waals surface area contributed by atoms with E-state index in [0.29, 0.717) is 0 Å². The molecule has 2 atom stereocenters. The van der Waals surface area contributed by atoms with Crippen LogP contribution in [-0.2, 0) is 19.0 Å². The first-order chi connectivity index (χ1) is 8.77. The zero-order chi connectivity index (χ0) is 13.2. The van der Waals surface area contributed by atoms with Gasteiger partial charge < -0.3 is 14.2 Å². The molecule has 18 heavy (non-hydrogen) atoms. The molecule has 1 heterocycles. The van der Waals surface area contributed by atoms with Gasteiger partial charge in [-0.05, 0) is 25.7 Å². The molecular formula is C14H26O4. The number of carbonyl (C=O) groups excluding carboxylic acids is 1. The van der Waals surface area contributed by atoms with Crippen molar-refractivity contribution in [2.75, 3.05) is 13.7 Å². The van der Waals surface area contributed by atoms with Crippen molar-refractivity contribution in [2.45, 2.75) is 70.7 Å². The van der Waals surface area contributed by atoms with Gasteiger partial charge in [0.15, 0.2) is 12.4 Å². The molecule has 0 aliphatic carbocycles. The van der Waals surface area contributed by atoms with Gasteiger partial charge in [0.25, 0.3) is 0 Å². The van der Waals surface area contributed by atoms with Crippen LogP contribution >= 0.6 is 0 Å². The lowest BCUT2D eigenvalue weighted by atomic mass is 10.1. The molecule has 0 aromatic carbocycles. The molecule has 4 heteroatoms. The van der Waals surface area contributed by atoms with Crippen molar-refractivity contribution >= 4 is 5.97 Å². The number of carbonyl (C=O) groups is 1. The molecule has 0 amide bonds. The number of methoxy groups -OCH3 is 1. The van der Waals surface area contributed by atoms with Crippen LogP contribution < -0.4 is 0 Å². The van der Waals surface area contributed by atoms with E-state index in [1.54, 1.807) is 0 Å². The molecule has 0 spiro atoms. The van der Waals surface area contributed by atoms with Crippen molar-refractivity contribution in [3.05, 3.63) is 0 Å². The first-order valence-corrected chi connectivity index (χ1v) is 7.12. The van der Waals surface area contributed by atoms with E-state index in [-0.39, 0.29) is 12.3 Å². The van der Waals surface area contributed by atoms with Gasteiger partial charge in [-0.1, -0.05) is 32.6 Å². The lowest BCUT2D eigenvalue weighted by molar-refractivity contribution is -0.203. The van der Waals surface area contributed by atoms with E-state index in [2.05, 4.69) is 6.92 Å². The first-order valence-electron chi connectivity index (χ1n) is 7.12. The molecule has 1 rings (SSSR count). The lowest BCUT2D eigenvalue weighted by Gasteiger charge is -2.26. The lowest BCUT2D eigenvalue weighted by Crippen LogP contribution is -2.33.